The summed E-state index contributed by atoms with van der Waals surface area (Å²) in [6, 6.07) is 0. The Bertz CT molecular complexity index is 317. The third-order valence-corrected chi connectivity index (χ3v) is 4.27. The van der Waals surface area contributed by atoms with Crippen LogP contribution in [0.2, 0.25) is 0 Å². The van der Waals surface area contributed by atoms with Gasteiger partial charge >= 0.3 is 0 Å². The molecular formula is C14H27N3O2. The molecule has 4 N–H and O–H groups in total. The van der Waals surface area contributed by atoms with Crippen molar-refractivity contribution >= 4 is 11.7 Å². The van der Waals surface area contributed by atoms with Gasteiger partial charge in [0.15, 0.2) is 5.84 Å². The van der Waals surface area contributed by atoms with Crippen molar-refractivity contribution in [3.8, 4) is 0 Å². The van der Waals surface area contributed by atoms with Gasteiger partial charge in [0.1, 0.15) is 5.54 Å². The lowest BCUT2D eigenvalue weighted by Gasteiger charge is -2.33. The van der Waals surface area contributed by atoms with Crippen molar-refractivity contribution in [2.75, 3.05) is 0 Å². The molecule has 1 saturated carbocycles. The Hall–Kier alpha value is -1.26. The van der Waals surface area contributed by atoms with Crippen molar-refractivity contribution in [2.24, 2.45) is 16.8 Å². The summed E-state index contributed by atoms with van der Waals surface area (Å²) >= 11 is 0. The normalized spacial score (nSPS) is 20.1. The van der Waals surface area contributed by atoms with Gasteiger partial charge in [0.25, 0.3) is 0 Å². The van der Waals surface area contributed by atoms with Crippen LogP contribution < -0.4 is 11.1 Å². The van der Waals surface area contributed by atoms with E-state index in [-0.39, 0.29) is 17.7 Å². The topological polar surface area (TPSA) is 87.7 Å². The van der Waals surface area contributed by atoms with Gasteiger partial charge in [0, 0.05) is 5.92 Å². The molecule has 0 heterocycles. The quantitative estimate of drug-likeness (QED) is 0.235. The summed E-state index contributed by atoms with van der Waals surface area (Å²) < 4.78 is 0. The molecule has 0 aromatic heterocycles. The molecule has 1 fully saturated rings. The first kappa shape index (κ1) is 15.8. The van der Waals surface area contributed by atoms with Crippen molar-refractivity contribution in [3.63, 3.8) is 0 Å². The van der Waals surface area contributed by atoms with Crippen molar-refractivity contribution in [1.29, 1.82) is 0 Å². The van der Waals surface area contributed by atoms with Gasteiger partial charge in [0.05, 0.1) is 0 Å². The number of carbonyl (C=O) groups excluding carboxylic acids is 1. The number of carbonyl (C=O) groups is 1. The number of nitrogens with zero attached hydrogens (tertiary/aromatic N) is 1. The van der Waals surface area contributed by atoms with E-state index in [0.717, 1.165) is 51.4 Å². The molecule has 0 radical (unpaired) electrons. The molecule has 5 heteroatoms. The first-order valence-corrected chi connectivity index (χ1v) is 7.39. The molecule has 5 nitrogen and oxygen atoms in total. The van der Waals surface area contributed by atoms with Crippen LogP contribution in [0.25, 0.3) is 0 Å². The van der Waals surface area contributed by atoms with E-state index in [1.165, 1.54) is 0 Å². The Morgan fingerprint density at radius 2 is 1.79 bits per heavy atom. The van der Waals surface area contributed by atoms with Crippen molar-refractivity contribution in [3.05, 3.63) is 0 Å². The molecule has 1 aliphatic carbocycles. The first-order valence-electron chi connectivity index (χ1n) is 7.39. The zero-order valence-corrected chi connectivity index (χ0v) is 12.1. The molecule has 0 aromatic rings. The summed E-state index contributed by atoms with van der Waals surface area (Å²) in [5, 5.41) is 15.3. The number of amidine groups is 1. The molecule has 0 aromatic carbocycles. The molecular weight excluding hydrogens is 242 g/mol. The largest absolute Gasteiger partial charge is 0.409 e. The minimum atomic E-state index is -0.648. The molecule has 0 saturated heterocycles. The fourth-order valence-corrected chi connectivity index (χ4v) is 2.87. The van der Waals surface area contributed by atoms with E-state index in [1.54, 1.807) is 0 Å². The molecule has 1 amide bonds. The lowest BCUT2D eigenvalue weighted by atomic mass is 9.87. The Morgan fingerprint density at radius 3 is 2.21 bits per heavy atom. The van der Waals surface area contributed by atoms with Crippen LogP contribution >= 0.6 is 0 Å². The lowest BCUT2D eigenvalue weighted by molar-refractivity contribution is -0.126. The molecule has 0 atom stereocenters. The van der Waals surface area contributed by atoms with Crippen LogP contribution in [0.1, 0.15) is 65.2 Å². The first-order chi connectivity index (χ1) is 9.09. The third kappa shape index (κ3) is 3.85. The SMILES string of the molecule is CCC(CC)C(=O)NC1(/C(N)=N/O)CCCCCC1. The second-order valence-electron chi connectivity index (χ2n) is 5.48. The minimum absolute atomic E-state index is 0.00613. The number of hydrogen-bond donors (Lipinski definition) is 3. The predicted octanol–water partition coefficient (Wildman–Crippen LogP) is 2.38. The number of oxime groups is 1. The zero-order chi connectivity index (χ0) is 14.3. The standard InChI is InChI=1S/C14H27N3O2/c1-3-11(4-2)12(18)16-14(13(15)17-19)9-7-5-6-8-10-14/h11,19H,3-10H2,1-2H3,(H2,15,17)(H,16,18). The van der Waals surface area contributed by atoms with E-state index in [4.69, 9.17) is 10.9 Å². The summed E-state index contributed by atoms with van der Waals surface area (Å²) in [6.07, 6.45) is 7.42. The molecule has 0 unspecified atom stereocenters. The second-order valence-corrected chi connectivity index (χ2v) is 5.48. The number of amides is 1. The maximum atomic E-state index is 12.3. The van der Waals surface area contributed by atoms with Crippen LogP contribution in [0.3, 0.4) is 0 Å². The van der Waals surface area contributed by atoms with Gasteiger partial charge in [-0.15, -0.1) is 0 Å². The molecule has 19 heavy (non-hydrogen) atoms. The Kier molecular flexibility index (Phi) is 6.12. The van der Waals surface area contributed by atoms with Gasteiger partial charge in [-0.1, -0.05) is 44.7 Å². The lowest BCUT2D eigenvalue weighted by Crippen LogP contribution is -2.58. The van der Waals surface area contributed by atoms with E-state index in [0.29, 0.717) is 0 Å². The van der Waals surface area contributed by atoms with Crippen LogP contribution in [-0.4, -0.2) is 22.5 Å². The minimum Gasteiger partial charge on any atom is -0.409 e. The van der Waals surface area contributed by atoms with Crippen molar-refractivity contribution < 1.29 is 10.0 Å². The smallest absolute Gasteiger partial charge is 0.223 e. The number of rotatable bonds is 5. The van der Waals surface area contributed by atoms with Gasteiger partial charge in [0.2, 0.25) is 5.91 Å². The van der Waals surface area contributed by atoms with Crippen LogP contribution in [0.15, 0.2) is 5.16 Å². The third-order valence-electron chi connectivity index (χ3n) is 4.27. The highest BCUT2D eigenvalue weighted by atomic mass is 16.4. The molecule has 0 bridgehead atoms. The van der Waals surface area contributed by atoms with Crippen LogP contribution in [0, 0.1) is 5.92 Å². The average Bonchev–Trinajstić information content (AvgIpc) is 2.65. The molecule has 0 aliphatic heterocycles. The summed E-state index contributed by atoms with van der Waals surface area (Å²) in [4.78, 5) is 12.3. The zero-order valence-electron chi connectivity index (χ0n) is 12.1. The fraction of sp³-hybridized carbons (Fsp3) is 0.857. The average molecular weight is 269 g/mol. The van der Waals surface area contributed by atoms with E-state index < -0.39 is 5.54 Å². The van der Waals surface area contributed by atoms with Gasteiger partial charge in [-0.2, -0.15) is 0 Å². The number of nitrogens with two attached hydrogens (primary N) is 1. The van der Waals surface area contributed by atoms with Gasteiger partial charge in [-0.05, 0) is 25.7 Å². The number of hydrogen-bond acceptors (Lipinski definition) is 3. The Labute approximate surface area is 115 Å². The Balaban J connectivity index is 2.88. The van der Waals surface area contributed by atoms with E-state index >= 15 is 0 Å². The van der Waals surface area contributed by atoms with Crippen LogP contribution in [0.5, 0.6) is 0 Å². The molecule has 1 aliphatic rings. The van der Waals surface area contributed by atoms with Crippen molar-refractivity contribution in [1.82, 2.24) is 5.32 Å². The maximum absolute atomic E-state index is 12.3. The number of nitrogens with one attached hydrogen (secondary N) is 1. The van der Waals surface area contributed by atoms with Crippen LogP contribution in [-0.2, 0) is 4.79 Å². The summed E-state index contributed by atoms with van der Waals surface area (Å²) in [6.45, 7) is 4.02. The second kappa shape index (κ2) is 7.36. The highest BCUT2D eigenvalue weighted by Crippen LogP contribution is 2.28. The van der Waals surface area contributed by atoms with E-state index in [1.807, 2.05) is 13.8 Å². The summed E-state index contributed by atoms with van der Waals surface area (Å²) in [5.41, 5.74) is 5.22. The van der Waals surface area contributed by atoms with Gasteiger partial charge in [-0.3, -0.25) is 4.79 Å². The van der Waals surface area contributed by atoms with Crippen molar-refractivity contribution in [2.45, 2.75) is 70.8 Å². The van der Waals surface area contributed by atoms with Gasteiger partial charge in [-0.25, -0.2) is 0 Å². The highest BCUT2D eigenvalue weighted by molar-refractivity contribution is 5.94. The summed E-state index contributed by atoms with van der Waals surface area (Å²) in [5.74, 6) is 0.179. The van der Waals surface area contributed by atoms with Gasteiger partial charge < -0.3 is 16.3 Å². The van der Waals surface area contributed by atoms with E-state index in [9.17, 15) is 4.79 Å². The Morgan fingerprint density at radius 1 is 1.26 bits per heavy atom. The predicted molar refractivity (Wildman–Crippen MR) is 76.1 cm³/mol. The monoisotopic (exact) mass is 269 g/mol. The maximum Gasteiger partial charge on any atom is 0.223 e. The molecule has 0 spiro atoms. The highest BCUT2D eigenvalue weighted by Gasteiger charge is 2.38. The molecule has 1 rings (SSSR count). The summed E-state index contributed by atoms with van der Waals surface area (Å²) in [7, 11) is 0. The van der Waals surface area contributed by atoms with E-state index in [2.05, 4.69) is 10.5 Å². The van der Waals surface area contributed by atoms with Crippen LogP contribution in [0.4, 0.5) is 0 Å². The molecule has 110 valence electrons. The fourth-order valence-electron chi connectivity index (χ4n) is 2.87.